The third-order valence-electron chi connectivity index (χ3n) is 3.53. The van der Waals surface area contributed by atoms with Crippen LogP contribution < -0.4 is 0 Å². The van der Waals surface area contributed by atoms with Crippen molar-refractivity contribution >= 4 is 21.8 Å². The number of nitrogens with zero attached hydrogens (tertiary/aromatic N) is 3. The molecule has 0 aliphatic carbocycles. The second-order valence-corrected chi connectivity index (χ2v) is 5.95. The van der Waals surface area contributed by atoms with Crippen molar-refractivity contribution in [2.75, 3.05) is 26.2 Å². The fraction of sp³-hybridized carbons (Fsp3) is 0.429. The maximum Gasteiger partial charge on any atom is 0.290 e. The van der Waals surface area contributed by atoms with Crippen LogP contribution in [0.4, 0.5) is 0 Å². The monoisotopic (exact) mass is 353 g/mol. The van der Waals surface area contributed by atoms with E-state index in [0.717, 1.165) is 31.1 Å². The lowest BCUT2D eigenvalue weighted by Gasteiger charge is -2.33. The van der Waals surface area contributed by atoms with Crippen molar-refractivity contribution in [3.05, 3.63) is 40.1 Å². The number of aromatic nitrogens is 1. The van der Waals surface area contributed by atoms with E-state index >= 15 is 0 Å². The molecule has 0 atom stereocenters. The van der Waals surface area contributed by atoms with Gasteiger partial charge in [0.2, 0.25) is 5.76 Å². The minimum absolute atomic E-state index is 0.0659. The minimum Gasteiger partial charge on any atom is -0.458 e. The van der Waals surface area contributed by atoms with Gasteiger partial charge in [-0.25, -0.2) is 0 Å². The molecule has 21 heavy (non-hydrogen) atoms. The number of furan rings is 1. The van der Waals surface area contributed by atoms with Crippen molar-refractivity contribution in [3.63, 3.8) is 0 Å². The zero-order valence-electron chi connectivity index (χ0n) is 11.7. The zero-order chi connectivity index (χ0) is 14.8. The van der Waals surface area contributed by atoms with Gasteiger partial charge in [0.15, 0.2) is 0 Å². The van der Waals surface area contributed by atoms with Crippen LogP contribution in [-0.4, -0.2) is 47.0 Å². The van der Waals surface area contributed by atoms with Gasteiger partial charge in [-0.3, -0.25) is 9.69 Å². The fourth-order valence-corrected chi connectivity index (χ4v) is 2.79. The molecule has 0 N–H and O–H groups in total. The van der Waals surface area contributed by atoms with Crippen LogP contribution in [0.3, 0.4) is 0 Å². The molecule has 1 fully saturated rings. The molecule has 0 spiro atoms. The molecule has 0 unspecified atom stereocenters. The first-order valence-electron chi connectivity index (χ1n) is 6.80. The average molecular weight is 354 g/mol. The van der Waals surface area contributed by atoms with Crippen molar-refractivity contribution in [3.8, 4) is 0 Å². The van der Waals surface area contributed by atoms with Crippen LogP contribution in [0.2, 0.25) is 0 Å². The standard InChI is InChI=1S/C14H16BrN3O3/c1-10-8-11(16-21-10)9-17-3-5-18(6-4-17)14(19)13-12(15)2-7-20-13/h2,7-8H,3-6,9H2,1H3. The predicted octanol–water partition coefficient (Wildman–Crippen LogP) is 2.30. The van der Waals surface area contributed by atoms with Gasteiger partial charge in [-0.15, -0.1) is 0 Å². The van der Waals surface area contributed by atoms with Crippen LogP contribution in [0.15, 0.2) is 31.8 Å². The smallest absolute Gasteiger partial charge is 0.290 e. The van der Waals surface area contributed by atoms with E-state index in [2.05, 4.69) is 26.0 Å². The molecule has 0 bridgehead atoms. The second-order valence-electron chi connectivity index (χ2n) is 5.09. The van der Waals surface area contributed by atoms with Crippen LogP contribution in [0, 0.1) is 6.92 Å². The van der Waals surface area contributed by atoms with E-state index in [4.69, 9.17) is 8.94 Å². The van der Waals surface area contributed by atoms with Crippen LogP contribution in [-0.2, 0) is 6.54 Å². The SMILES string of the molecule is Cc1cc(CN2CCN(C(=O)c3occc3Br)CC2)no1. The van der Waals surface area contributed by atoms with Crippen molar-refractivity contribution < 1.29 is 13.7 Å². The normalized spacial score (nSPS) is 16.4. The molecule has 112 valence electrons. The van der Waals surface area contributed by atoms with Gasteiger partial charge in [-0.05, 0) is 28.9 Å². The first-order valence-corrected chi connectivity index (χ1v) is 7.59. The summed E-state index contributed by atoms with van der Waals surface area (Å²) in [7, 11) is 0. The van der Waals surface area contributed by atoms with E-state index in [-0.39, 0.29) is 5.91 Å². The summed E-state index contributed by atoms with van der Waals surface area (Å²) >= 11 is 3.32. The van der Waals surface area contributed by atoms with E-state index in [9.17, 15) is 4.79 Å². The number of halogens is 1. The van der Waals surface area contributed by atoms with Crippen LogP contribution in [0.5, 0.6) is 0 Å². The molecular weight excluding hydrogens is 338 g/mol. The molecule has 0 aromatic carbocycles. The lowest BCUT2D eigenvalue weighted by molar-refractivity contribution is 0.0594. The Morgan fingerprint density at radius 2 is 2.14 bits per heavy atom. The van der Waals surface area contributed by atoms with Crippen molar-refractivity contribution in [2.24, 2.45) is 0 Å². The number of piperazine rings is 1. The number of carbonyl (C=O) groups excluding carboxylic acids is 1. The minimum atomic E-state index is -0.0659. The highest BCUT2D eigenvalue weighted by Crippen LogP contribution is 2.20. The highest BCUT2D eigenvalue weighted by Gasteiger charge is 2.25. The van der Waals surface area contributed by atoms with Gasteiger partial charge in [-0.2, -0.15) is 0 Å². The third kappa shape index (κ3) is 3.19. The summed E-state index contributed by atoms with van der Waals surface area (Å²) in [6.45, 7) is 5.63. The molecular formula is C14H16BrN3O3. The summed E-state index contributed by atoms with van der Waals surface area (Å²) in [5.74, 6) is 1.13. The van der Waals surface area contributed by atoms with Crippen molar-refractivity contribution in [2.45, 2.75) is 13.5 Å². The molecule has 2 aromatic heterocycles. The fourth-order valence-electron chi connectivity index (χ4n) is 2.42. The summed E-state index contributed by atoms with van der Waals surface area (Å²) in [5.41, 5.74) is 0.932. The van der Waals surface area contributed by atoms with Crippen molar-refractivity contribution in [1.82, 2.24) is 15.0 Å². The maximum absolute atomic E-state index is 12.3. The van der Waals surface area contributed by atoms with Gasteiger partial charge in [0.05, 0.1) is 16.4 Å². The van der Waals surface area contributed by atoms with Crippen molar-refractivity contribution in [1.29, 1.82) is 0 Å². The Kier molecular flexibility index (Phi) is 4.12. The van der Waals surface area contributed by atoms with Crippen LogP contribution in [0.25, 0.3) is 0 Å². The Labute approximate surface area is 130 Å². The average Bonchev–Trinajstić information content (AvgIpc) is 3.08. The van der Waals surface area contributed by atoms with E-state index in [0.29, 0.717) is 23.3 Å². The van der Waals surface area contributed by atoms with Gasteiger partial charge >= 0.3 is 0 Å². The van der Waals surface area contributed by atoms with Gasteiger partial charge in [0.1, 0.15) is 5.76 Å². The molecule has 3 heterocycles. The lowest BCUT2D eigenvalue weighted by Crippen LogP contribution is -2.48. The summed E-state index contributed by atoms with van der Waals surface area (Å²) < 4.78 is 11.0. The van der Waals surface area contributed by atoms with E-state index in [1.807, 2.05) is 17.9 Å². The Hall–Kier alpha value is -1.60. The highest BCUT2D eigenvalue weighted by atomic mass is 79.9. The number of hydrogen-bond acceptors (Lipinski definition) is 5. The quantitative estimate of drug-likeness (QED) is 0.846. The number of rotatable bonds is 3. The van der Waals surface area contributed by atoms with E-state index < -0.39 is 0 Å². The number of hydrogen-bond donors (Lipinski definition) is 0. The molecule has 1 amide bonds. The largest absolute Gasteiger partial charge is 0.458 e. The zero-order valence-corrected chi connectivity index (χ0v) is 13.3. The summed E-state index contributed by atoms with van der Waals surface area (Å²) in [6, 6.07) is 3.67. The molecule has 6 nitrogen and oxygen atoms in total. The number of amides is 1. The first kappa shape index (κ1) is 14.3. The first-order chi connectivity index (χ1) is 10.1. The Morgan fingerprint density at radius 3 is 2.71 bits per heavy atom. The van der Waals surface area contributed by atoms with Crippen LogP contribution in [0.1, 0.15) is 22.0 Å². The summed E-state index contributed by atoms with van der Waals surface area (Å²) in [4.78, 5) is 16.4. The van der Waals surface area contributed by atoms with Gasteiger partial charge in [-0.1, -0.05) is 5.16 Å². The third-order valence-corrected chi connectivity index (χ3v) is 4.16. The van der Waals surface area contributed by atoms with Gasteiger partial charge in [0, 0.05) is 38.8 Å². The molecule has 1 saturated heterocycles. The van der Waals surface area contributed by atoms with E-state index in [1.54, 1.807) is 6.07 Å². The van der Waals surface area contributed by atoms with Crippen LogP contribution >= 0.6 is 15.9 Å². The predicted molar refractivity (Wildman–Crippen MR) is 78.8 cm³/mol. The molecule has 1 aliphatic heterocycles. The Morgan fingerprint density at radius 1 is 1.38 bits per heavy atom. The molecule has 1 aliphatic rings. The topological polar surface area (TPSA) is 62.7 Å². The van der Waals surface area contributed by atoms with E-state index in [1.165, 1.54) is 6.26 Å². The molecule has 7 heteroatoms. The number of aryl methyl sites for hydroxylation is 1. The number of carbonyl (C=O) groups is 1. The second kappa shape index (κ2) is 6.03. The highest BCUT2D eigenvalue weighted by molar-refractivity contribution is 9.10. The molecule has 0 saturated carbocycles. The summed E-state index contributed by atoms with van der Waals surface area (Å²) in [6.07, 6.45) is 1.51. The summed E-state index contributed by atoms with van der Waals surface area (Å²) in [5, 5.41) is 4.00. The molecule has 2 aromatic rings. The van der Waals surface area contributed by atoms with Gasteiger partial charge < -0.3 is 13.8 Å². The lowest BCUT2D eigenvalue weighted by atomic mass is 10.2. The Balaban J connectivity index is 1.55. The molecule has 0 radical (unpaired) electrons. The molecule has 3 rings (SSSR count). The van der Waals surface area contributed by atoms with Gasteiger partial charge in [0.25, 0.3) is 5.91 Å². The Bertz CT molecular complexity index is 629. The maximum atomic E-state index is 12.3.